The van der Waals surface area contributed by atoms with Gasteiger partial charge in [0, 0.05) is 18.1 Å². The lowest BCUT2D eigenvalue weighted by molar-refractivity contribution is -0.115. The first-order chi connectivity index (χ1) is 12.7. The quantitative estimate of drug-likeness (QED) is 0.667. The Morgan fingerprint density at radius 3 is 2.88 bits per heavy atom. The van der Waals surface area contributed by atoms with Crippen molar-refractivity contribution in [2.45, 2.75) is 13.3 Å². The molecule has 1 N–H and O–H groups in total. The fourth-order valence-corrected chi connectivity index (χ4v) is 2.12. The zero-order valence-electron chi connectivity index (χ0n) is 13.9. The van der Waals surface area contributed by atoms with Crippen molar-refractivity contribution >= 4 is 17.6 Å². The van der Waals surface area contributed by atoms with Crippen molar-refractivity contribution in [3.05, 3.63) is 54.3 Å². The Morgan fingerprint density at radius 1 is 1.23 bits per heavy atom. The summed E-state index contributed by atoms with van der Waals surface area (Å²) in [5, 5.41) is 10.3. The minimum Gasteiger partial charge on any atom is -0.462 e. The molecule has 0 aliphatic rings. The molecule has 1 aromatic carbocycles. The Morgan fingerprint density at radius 2 is 2.12 bits per heavy atom. The van der Waals surface area contributed by atoms with Crippen LogP contribution in [0.4, 0.5) is 5.69 Å². The molecule has 0 radical (unpaired) electrons. The molecule has 3 rings (SSSR count). The molecule has 0 unspecified atom stereocenters. The summed E-state index contributed by atoms with van der Waals surface area (Å²) in [4.78, 5) is 31.8. The molecule has 0 atom stereocenters. The molecular formula is C17H15N5O4. The lowest BCUT2D eigenvalue weighted by Crippen LogP contribution is -2.15. The summed E-state index contributed by atoms with van der Waals surface area (Å²) in [6.07, 6.45) is 4.40. The highest BCUT2D eigenvalue weighted by atomic mass is 16.5. The summed E-state index contributed by atoms with van der Waals surface area (Å²) in [6, 6.07) is 6.47. The van der Waals surface area contributed by atoms with Crippen LogP contribution in [0.25, 0.3) is 11.6 Å². The van der Waals surface area contributed by atoms with Crippen LogP contribution in [0.1, 0.15) is 23.2 Å². The second-order valence-electron chi connectivity index (χ2n) is 5.12. The van der Waals surface area contributed by atoms with Gasteiger partial charge in [-0.25, -0.2) is 9.78 Å². The van der Waals surface area contributed by atoms with E-state index in [-0.39, 0.29) is 30.7 Å². The van der Waals surface area contributed by atoms with Crippen LogP contribution in [0.3, 0.4) is 0 Å². The largest absolute Gasteiger partial charge is 0.462 e. The predicted octanol–water partition coefficient (Wildman–Crippen LogP) is 1.88. The molecule has 9 nitrogen and oxygen atoms in total. The first kappa shape index (κ1) is 17.2. The smallest absolute Gasteiger partial charge is 0.338 e. The van der Waals surface area contributed by atoms with Crippen LogP contribution >= 0.6 is 0 Å². The van der Waals surface area contributed by atoms with Crippen LogP contribution < -0.4 is 5.32 Å². The van der Waals surface area contributed by atoms with Gasteiger partial charge in [-0.1, -0.05) is 6.07 Å². The zero-order valence-corrected chi connectivity index (χ0v) is 13.9. The number of esters is 1. The number of nitrogens with one attached hydrogen (secondary N) is 1. The number of hydrogen-bond donors (Lipinski definition) is 1. The van der Waals surface area contributed by atoms with E-state index in [4.69, 9.17) is 9.15 Å². The van der Waals surface area contributed by atoms with Crippen molar-refractivity contribution in [3.63, 3.8) is 0 Å². The zero-order chi connectivity index (χ0) is 18.4. The van der Waals surface area contributed by atoms with Crippen molar-refractivity contribution in [2.24, 2.45) is 0 Å². The van der Waals surface area contributed by atoms with E-state index < -0.39 is 5.97 Å². The second-order valence-corrected chi connectivity index (χ2v) is 5.12. The molecule has 1 amide bonds. The van der Waals surface area contributed by atoms with E-state index in [2.05, 4.69) is 25.5 Å². The third-order valence-corrected chi connectivity index (χ3v) is 3.22. The van der Waals surface area contributed by atoms with E-state index in [0.717, 1.165) is 0 Å². The van der Waals surface area contributed by atoms with E-state index >= 15 is 0 Å². The molecule has 0 saturated heterocycles. The molecular weight excluding hydrogens is 338 g/mol. The molecule has 0 fully saturated rings. The van der Waals surface area contributed by atoms with Crippen LogP contribution in [-0.4, -0.2) is 38.6 Å². The number of nitrogens with zero attached hydrogens (tertiary/aromatic N) is 4. The Balaban J connectivity index is 1.64. The molecule has 0 bridgehead atoms. The molecule has 3 aromatic rings. The minimum absolute atomic E-state index is 0.114. The van der Waals surface area contributed by atoms with Crippen molar-refractivity contribution in [1.29, 1.82) is 0 Å². The molecule has 132 valence electrons. The van der Waals surface area contributed by atoms with Crippen LogP contribution in [0.2, 0.25) is 0 Å². The van der Waals surface area contributed by atoms with Gasteiger partial charge in [-0.2, -0.15) is 0 Å². The molecule has 0 saturated carbocycles. The molecule has 0 spiro atoms. The molecule has 0 aliphatic heterocycles. The lowest BCUT2D eigenvalue weighted by Gasteiger charge is -2.06. The van der Waals surface area contributed by atoms with Crippen LogP contribution in [0.5, 0.6) is 0 Å². The number of hydrogen-bond acceptors (Lipinski definition) is 8. The van der Waals surface area contributed by atoms with Gasteiger partial charge in [0.05, 0.1) is 18.4 Å². The highest BCUT2D eigenvalue weighted by molar-refractivity contribution is 5.95. The maximum atomic E-state index is 12.2. The van der Waals surface area contributed by atoms with Crippen molar-refractivity contribution in [3.8, 4) is 11.6 Å². The Bertz CT molecular complexity index is 910. The fourth-order valence-electron chi connectivity index (χ4n) is 2.12. The number of carbonyl (C=O) groups is 2. The maximum Gasteiger partial charge on any atom is 0.338 e. The monoisotopic (exact) mass is 353 g/mol. The Labute approximate surface area is 148 Å². The molecule has 26 heavy (non-hydrogen) atoms. The van der Waals surface area contributed by atoms with E-state index in [1.165, 1.54) is 24.7 Å². The summed E-state index contributed by atoms with van der Waals surface area (Å²) < 4.78 is 10.3. The third-order valence-electron chi connectivity index (χ3n) is 3.22. The van der Waals surface area contributed by atoms with E-state index in [0.29, 0.717) is 16.9 Å². The highest BCUT2D eigenvalue weighted by Gasteiger charge is 2.14. The van der Waals surface area contributed by atoms with Gasteiger partial charge in [0.15, 0.2) is 0 Å². The highest BCUT2D eigenvalue weighted by Crippen LogP contribution is 2.15. The summed E-state index contributed by atoms with van der Waals surface area (Å²) in [5.41, 5.74) is 1.25. The standard InChI is InChI=1S/C17H15N5O4/c1-2-25-17(24)11-4-3-5-12(8-11)20-14(23)9-15-21-22-16(26-15)13-10-18-6-7-19-13/h3-8,10H,2,9H2,1H3,(H,20,23). The predicted molar refractivity (Wildman–Crippen MR) is 90.1 cm³/mol. The van der Waals surface area contributed by atoms with Crippen LogP contribution in [0, 0.1) is 0 Å². The number of rotatable bonds is 6. The summed E-state index contributed by atoms with van der Waals surface area (Å²) in [6.45, 7) is 2.00. The normalized spacial score (nSPS) is 10.3. The number of benzene rings is 1. The van der Waals surface area contributed by atoms with Gasteiger partial charge in [0.25, 0.3) is 5.89 Å². The molecule has 0 aliphatic carbocycles. The second kappa shape index (κ2) is 7.97. The molecule has 2 heterocycles. The van der Waals surface area contributed by atoms with Crippen molar-refractivity contribution < 1.29 is 18.7 Å². The van der Waals surface area contributed by atoms with Crippen LogP contribution in [-0.2, 0) is 16.0 Å². The fraction of sp³-hybridized carbons (Fsp3) is 0.176. The molecule has 2 aromatic heterocycles. The van der Waals surface area contributed by atoms with Gasteiger partial charge in [0.2, 0.25) is 11.8 Å². The maximum absolute atomic E-state index is 12.2. The van der Waals surface area contributed by atoms with Gasteiger partial charge in [0.1, 0.15) is 12.1 Å². The van der Waals surface area contributed by atoms with E-state index in [1.807, 2.05) is 0 Å². The SMILES string of the molecule is CCOC(=O)c1cccc(NC(=O)Cc2nnc(-c3cnccn3)o2)c1. The average Bonchev–Trinajstić information content (AvgIpc) is 3.11. The van der Waals surface area contributed by atoms with Crippen LogP contribution in [0.15, 0.2) is 47.3 Å². The van der Waals surface area contributed by atoms with Crippen molar-refractivity contribution in [1.82, 2.24) is 20.2 Å². The number of ether oxygens (including phenoxy) is 1. The third kappa shape index (κ3) is 4.26. The van der Waals surface area contributed by atoms with E-state index in [9.17, 15) is 9.59 Å². The number of carbonyl (C=O) groups excluding carboxylic acids is 2. The minimum atomic E-state index is -0.450. The van der Waals surface area contributed by atoms with E-state index in [1.54, 1.807) is 25.1 Å². The number of amides is 1. The number of aromatic nitrogens is 4. The summed E-state index contributed by atoms with van der Waals surface area (Å²) in [5.74, 6) is -0.482. The van der Waals surface area contributed by atoms with Gasteiger partial charge in [-0.05, 0) is 25.1 Å². The molecule has 9 heteroatoms. The van der Waals surface area contributed by atoms with Crippen molar-refractivity contribution in [2.75, 3.05) is 11.9 Å². The Hall–Kier alpha value is -3.62. The average molecular weight is 353 g/mol. The summed E-state index contributed by atoms with van der Waals surface area (Å²) >= 11 is 0. The topological polar surface area (TPSA) is 120 Å². The van der Waals surface area contributed by atoms with Gasteiger partial charge >= 0.3 is 5.97 Å². The van der Waals surface area contributed by atoms with Gasteiger partial charge in [-0.3, -0.25) is 9.78 Å². The number of anilines is 1. The first-order valence-electron chi connectivity index (χ1n) is 7.81. The lowest BCUT2D eigenvalue weighted by atomic mass is 10.2. The Kier molecular flexibility index (Phi) is 5.28. The summed E-state index contributed by atoms with van der Waals surface area (Å²) in [7, 11) is 0. The van der Waals surface area contributed by atoms with Gasteiger partial charge in [-0.15, -0.1) is 10.2 Å². The first-order valence-corrected chi connectivity index (χ1v) is 7.81. The van der Waals surface area contributed by atoms with Gasteiger partial charge < -0.3 is 14.5 Å².